The largest absolute Gasteiger partial charge is 0.329 e. The molecule has 1 unspecified atom stereocenters. The molecule has 0 radical (unpaired) electrons. The molecule has 1 aromatic rings. The Morgan fingerprint density at radius 3 is 3.06 bits per heavy atom. The van der Waals surface area contributed by atoms with E-state index in [9.17, 15) is 0 Å². The molecule has 3 N–H and O–H groups in total. The van der Waals surface area contributed by atoms with Gasteiger partial charge >= 0.3 is 0 Å². The van der Waals surface area contributed by atoms with Gasteiger partial charge in [-0.1, -0.05) is 6.07 Å². The number of likely N-dealkylation sites (tertiary alicyclic amines) is 1. The summed E-state index contributed by atoms with van der Waals surface area (Å²) in [7, 11) is 2.20. The molecule has 1 aliphatic heterocycles. The smallest absolute Gasteiger partial charge is 0.0320 e. The van der Waals surface area contributed by atoms with Crippen molar-refractivity contribution in [3.05, 3.63) is 22.4 Å². The molecule has 2 rings (SSSR count). The molecule has 1 aromatic heterocycles. The van der Waals surface area contributed by atoms with Gasteiger partial charge in [0.15, 0.2) is 0 Å². The van der Waals surface area contributed by atoms with E-state index in [2.05, 4.69) is 34.8 Å². The number of rotatable bonds is 4. The molecule has 0 aromatic carbocycles. The summed E-state index contributed by atoms with van der Waals surface area (Å²) in [6.07, 6.45) is 3.59. The molecule has 0 spiro atoms. The third kappa shape index (κ3) is 3.52. The lowest BCUT2D eigenvalue weighted by Crippen LogP contribution is -2.51. The van der Waals surface area contributed by atoms with Gasteiger partial charge in [-0.05, 0) is 50.8 Å². The van der Waals surface area contributed by atoms with Crippen LogP contribution in [0.15, 0.2) is 17.5 Å². The maximum Gasteiger partial charge on any atom is 0.0320 e. The zero-order valence-electron chi connectivity index (χ0n) is 10.6. The lowest BCUT2D eigenvalue weighted by atomic mass is 9.90. The highest BCUT2D eigenvalue weighted by atomic mass is 32.1. The molecule has 1 atom stereocenters. The fourth-order valence-corrected chi connectivity index (χ4v) is 3.11. The molecule has 1 fully saturated rings. The SMILES string of the molecule is CN1CCCC(CN)(NCc2cccs2)CC1. The van der Waals surface area contributed by atoms with Gasteiger partial charge in [0.05, 0.1) is 0 Å². The summed E-state index contributed by atoms with van der Waals surface area (Å²) in [5.41, 5.74) is 6.16. The minimum absolute atomic E-state index is 0.148. The molecule has 0 aliphatic carbocycles. The molecule has 96 valence electrons. The van der Waals surface area contributed by atoms with Crippen LogP contribution in [0.3, 0.4) is 0 Å². The predicted octanol–water partition coefficient (Wildman–Crippen LogP) is 1.65. The highest BCUT2D eigenvalue weighted by Gasteiger charge is 2.29. The van der Waals surface area contributed by atoms with Gasteiger partial charge in [-0.3, -0.25) is 0 Å². The number of nitrogens with zero attached hydrogens (tertiary/aromatic N) is 1. The minimum atomic E-state index is 0.148. The van der Waals surface area contributed by atoms with Crippen LogP contribution in [0.5, 0.6) is 0 Å². The first-order valence-corrected chi connectivity index (χ1v) is 7.28. The van der Waals surface area contributed by atoms with Crippen molar-refractivity contribution >= 4 is 11.3 Å². The van der Waals surface area contributed by atoms with Crippen molar-refractivity contribution in [2.45, 2.75) is 31.3 Å². The van der Waals surface area contributed by atoms with E-state index in [1.54, 1.807) is 0 Å². The zero-order chi connectivity index (χ0) is 12.1. The van der Waals surface area contributed by atoms with E-state index in [-0.39, 0.29) is 5.54 Å². The van der Waals surface area contributed by atoms with Gasteiger partial charge in [0.2, 0.25) is 0 Å². The zero-order valence-corrected chi connectivity index (χ0v) is 11.4. The fourth-order valence-electron chi connectivity index (χ4n) is 2.47. The molecule has 2 heterocycles. The van der Waals surface area contributed by atoms with Crippen LogP contribution in [0.4, 0.5) is 0 Å². The second kappa shape index (κ2) is 5.96. The Labute approximate surface area is 108 Å². The lowest BCUT2D eigenvalue weighted by Gasteiger charge is -2.32. The highest BCUT2D eigenvalue weighted by molar-refractivity contribution is 7.09. The molecule has 1 aliphatic rings. The van der Waals surface area contributed by atoms with Gasteiger partial charge in [-0.15, -0.1) is 11.3 Å². The van der Waals surface area contributed by atoms with E-state index in [0.29, 0.717) is 0 Å². The van der Waals surface area contributed by atoms with Crippen molar-refractivity contribution in [2.24, 2.45) is 5.73 Å². The Balaban J connectivity index is 1.93. The van der Waals surface area contributed by atoms with Crippen molar-refractivity contribution in [2.75, 3.05) is 26.7 Å². The second-order valence-corrected chi connectivity index (χ2v) is 6.11. The predicted molar refractivity (Wildman–Crippen MR) is 74.3 cm³/mol. The van der Waals surface area contributed by atoms with Crippen LogP contribution in [0, 0.1) is 0 Å². The van der Waals surface area contributed by atoms with Gasteiger partial charge in [-0.2, -0.15) is 0 Å². The number of nitrogens with one attached hydrogen (secondary N) is 1. The number of thiophene rings is 1. The average molecular weight is 253 g/mol. The summed E-state index contributed by atoms with van der Waals surface area (Å²) in [5, 5.41) is 5.84. The van der Waals surface area contributed by atoms with Crippen LogP contribution in [0.2, 0.25) is 0 Å². The lowest BCUT2D eigenvalue weighted by molar-refractivity contribution is 0.281. The van der Waals surface area contributed by atoms with Crippen LogP contribution >= 0.6 is 11.3 Å². The first kappa shape index (κ1) is 13.0. The summed E-state index contributed by atoms with van der Waals surface area (Å²) < 4.78 is 0. The molecule has 0 amide bonds. The first-order chi connectivity index (χ1) is 8.24. The maximum atomic E-state index is 6.01. The van der Waals surface area contributed by atoms with Gasteiger partial charge in [-0.25, -0.2) is 0 Å². The summed E-state index contributed by atoms with van der Waals surface area (Å²) in [4.78, 5) is 3.81. The standard InChI is InChI=1S/C13H23N3S/c1-16-7-3-5-13(11-14,6-8-16)15-10-12-4-2-9-17-12/h2,4,9,15H,3,5-8,10-11,14H2,1H3. The third-order valence-corrected chi connectivity index (χ3v) is 4.65. The molecular weight excluding hydrogens is 230 g/mol. The number of nitrogens with two attached hydrogens (primary N) is 1. The summed E-state index contributed by atoms with van der Waals surface area (Å²) in [6, 6.07) is 4.29. The van der Waals surface area contributed by atoms with Gasteiger partial charge in [0.1, 0.15) is 0 Å². The number of hydrogen-bond acceptors (Lipinski definition) is 4. The van der Waals surface area contributed by atoms with Crippen LogP contribution in [0.1, 0.15) is 24.1 Å². The minimum Gasteiger partial charge on any atom is -0.329 e. The Morgan fingerprint density at radius 1 is 1.47 bits per heavy atom. The number of hydrogen-bond donors (Lipinski definition) is 2. The molecule has 1 saturated heterocycles. The van der Waals surface area contributed by atoms with E-state index in [0.717, 1.165) is 26.1 Å². The van der Waals surface area contributed by atoms with Crippen LogP contribution in [-0.4, -0.2) is 37.1 Å². The van der Waals surface area contributed by atoms with Crippen molar-refractivity contribution in [1.29, 1.82) is 0 Å². The highest BCUT2D eigenvalue weighted by Crippen LogP contribution is 2.22. The fraction of sp³-hybridized carbons (Fsp3) is 0.692. The van der Waals surface area contributed by atoms with E-state index in [1.807, 2.05) is 11.3 Å². The third-order valence-electron chi connectivity index (χ3n) is 3.78. The average Bonchev–Trinajstić information content (AvgIpc) is 2.79. The molecule has 3 nitrogen and oxygen atoms in total. The quantitative estimate of drug-likeness (QED) is 0.857. The summed E-state index contributed by atoms with van der Waals surface area (Å²) >= 11 is 1.81. The van der Waals surface area contributed by atoms with Crippen molar-refractivity contribution in [1.82, 2.24) is 10.2 Å². The summed E-state index contributed by atoms with van der Waals surface area (Å²) in [6.45, 7) is 4.04. The summed E-state index contributed by atoms with van der Waals surface area (Å²) in [5.74, 6) is 0. The van der Waals surface area contributed by atoms with Crippen LogP contribution in [0.25, 0.3) is 0 Å². The van der Waals surface area contributed by atoms with E-state index in [1.165, 1.54) is 24.3 Å². The topological polar surface area (TPSA) is 41.3 Å². The van der Waals surface area contributed by atoms with Gasteiger partial charge in [0.25, 0.3) is 0 Å². The second-order valence-electron chi connectivity index (χ2n) is 5.07. The molecule has 0 bridgehead atoms. The van der Waals surface area contributed by atoms with Crippen LogP contribution < -0.4 is 11.1 Å². The normalized spacial score (nSPS) is 26.9. The molecular formula is C13H23N3S. The van der Waals surface area contributed by atoms with Gasteiger partial charge < -0.3 is 16.0 Å². The van der Waals surface area contributed by atoms with E-state index >= 15 is 0 Å². The Hall–Kier alpha value is -0.420. The Morgan fingerprint density at radius 2 is 2.35 bits per heavy atom. The van der Waals surface area contributed by atoms with Gasteiger partial charge in [0, 0.05) is 23.5 Å². The van der Waals surface area contributed by atoms with E-state index in [4.69, 9.17) is 5.73 Å². The van der Waals surface area contributed by atoms with E-state index < -0.39 is 0 Å². The maximum absolute atomic E-state index is 6.01. The monoisotopic (exact) mass is 253 g/mol. The molecule has 4 heteroatoms. The Bertz CT molecular complexity index is 325. The Kier molecular flexibility index (Phi) is 4.56. The van der Waals surface area contributed by atoms with Crippen molar-refractivity contribution in [3.8, 4) is 0 Å². The molecule has 0 saturated carbocycles. The van der Waals surface area contributed by atoms with Crippen molar-refractivity contribution in [3.63, 3.8) is 0 Å². The van der Waals surface area contributed by atoms with Crippen LogP contribution in [-0.2, 0) is 6.54 Å². The molecule has 17 heavy (non-hydrogen) atoms. The van der Waals surface area contributed by atoms with Crippen molar-refractivity contribution < 1.29 is 0 Å². The first-order valence-electron chi connectivity index (χ1n) is 6.40.